The summed E-state index contributed by atoms with van der Waals surface area (Å²) in [4.78, 5) is 2.35. The molecule has 0 spiro atoms. The summed E-state index contributed by atoms with van der Waals surface area (Å²) >= 11 is 0. The number of hydrogen-bond acceptors (Lipinski definition) is 4. The largest absolute Gasteiger partial charge is 0.394 e. The molecule has 3 N–H and O–H groups in total. The van der Waals surface area contributed by atoms with E-state index in [0.717, 1.165) is 39.0 Å². The summed E-state index contributed by atoms with van der Waals surface area (Å²) in [6, 6.07) is 0. The number of nitrogens with two attached hydrogens (primary N) is 1. The highest BCUT2D eigenvalue weighted by Gasteiger charge is 2.17. The molecule has 4 nitrogen and oxygen atoms in total. The average molecular weight is 258 g/mol. The number of likely N-dealkylation sites (N-methyl/N-ethyl adjacent to an activating group) is 1. The highest BCUT2D eigenvalue weighted by Crippen LogP contribution is 2.14. The molecule has 1 heterocycles. The lowest BCUT2D eigenvalue weighted by atomic mass is 9.97. The molecule has 0 aromatic heterocycles. The molecule has 0 saturated carbocycles. The van der Waals surface area contributed by atoms with E-state index in [9.17, 15) is 0 Å². The van der Waals surface area contributed by atoms with Crippen LogP contribution in [0.1, 0.15) is 45.4 Å². The van der Waals surface area contributed by atoms with Crippen LogP contribution in [0.2, 0.25) is 0 Å². The molecular formula is C14H30N2O2. The van der Waals surface area contributed by atoms with Gasteiger partial charge in [0, 0.05) is 18.7 Å². The van der Waals surface area contributed by atoms with Crippen molar-refractivity contribution in [3.63, 3.8) is 0 Å². The highest BCUT2D eigenvalue weighted by molar-refractivity contribution is 4.77. The smallest absolute Gasteiger partial charge is 0.0701 e. The number of ether oxygens (including phenoxy) is 1. The van der Waals surface area contributed by atoms with E-state index in [-0.39, 0.29) is 6.61 Å². The molecule has 0 amide bonds. The van der Waals surface area contributed by atoms with Gasteiger partial charge in [0.2, 0.25) is 0 Å². The SMILES string of the molecule is CN(CCCCC(C)(N)CO)CC1CCCCO1. The maximum absolute atomic E-state index is 9.07. The molecule has 0 aromatic rings. The van der Waals surface area contributed by atoms with Gasteiger partial charge in [-0.05, 0) is 52.6 Å². The van der Waals surface area contributed by atoms with E-state index in [4.69, 9.17) is 15.6 Å². The normalized spacial score (nSPS) is 24.2. The second kappa shape index (κ2) is 8.10. The van der Waals surface area contributed by atoms with E-state index in [1.54, 1.807) is 0 Å². The maximum Gasteiger partial charge on any atom is 0.0701 e. The van der Waals surface area contributed by atoms with Crippen molar-refractivity contribution in [2.45, 2.75) is 57.1 Å². The van der Waals surface area contributed by atoms with Crippen LogP contribution in [0.5, 0.6) is 0 Å². The number of rotatable bonds is 8. The van der Waals surface area contributed by atoms with E-state index in [0.29, 0.717) is 6.10 Å². The molecule has 1 saturated heterocycles. The molecule has 1 fully saturated rings. The van der Waals surface area contributed by atoms with Crippen LogP contribution in [0.3, 0.4) is 0 Å². The van der Waals surface area contributed by atoms with Gasteiger partial charge < -0.3 is 20.5 Å². The summed E-state index contributed by atoms with van der Waals surface area (Å²) in [5.74, 6) is 0. The van der Waals surface area contributed by atoms with Crippen molar-refractivity contribution in [3.8, 4) is 0 Å². The van der Waals surface area contributed by atoms with Gasteiger partial charge in [0.05, 0.1) is 12.7 Å². The lowest BCUT2D eigenvalue weighted by Crippen LogP contribution is -2.40. The van der Waals surface area contributed by atoms with Gasteiger partial charge in [-0.25, -0.2) is 0 Å². The molecule has 0 bridgehead atoms. The number of hydrogen-bond donors (Lipinski definition) is 2. The fraction of sp³-hybridized carbons (Fsp3) is 1.00. The molecule has 1 aliphatic heterocycles. The van der Waals surface area contributed by atoms with Crippen molar-refractivity contribution in [3.05, 3.63) is 0 Å². The Morgan fingerprint density at radius 1 is 1.39 bits per heavy atom. The third-order valence-electron chi connectivity index (χ3n) is 3.69. The molecule has 2 unspecified atom stereocenters. The van der Waals surface area contributed by atoms with Crippen LogP contribution in [0.15, 0.2) is 0 Å². The first-order valence-electron chi connectivity index (χ1n) is 7.23. The standard InChI is InChI=1S/C14H30N2O2/c1-14(15,12-17)8-4-5-9-16(2)11-13-7-3-6-10-18-13/h13,17H,3-12,15H2,1-2H3. The fourth-order valence-corrected chi connectivity index (χ4v) is 2.38. The molecule has 1 rings (SSSR count). The maximum atomic E-state index is 9.07. The highest BCUT2D eigenvalue weighted by atomic mass is 16.5. The second-order valence-corrected chi connectivity index (χ2v) is 6.02. The summed E-state index contributed by atoms with van der Waals surface area (Å²) in [7, 11) is 2.16. The molecule has 0 aliphatic carbocycles. The molecule has 4 heteroatoms. The van der Waals surface area contributed by atoms with Gasteiger partial charge in [-0.2, -0.15) is 0 Å². The van der Waals surface area contributed by atoms with Crippen molar-refractivity contribution >= 4 is 0 Å². The van der Waals surface area contributed by atoms with Crippen molar-refractivity contribution in [1.82, 2.24) is 4.90 Å². The van der Waals surface area contributed by atoms with Crippen molar-refractivity contribution < 1.29 is 9.84 Å². The topological polar surface area (TPSA) is 58.7 Å². The monoisotopic (exact) mass is 258 g/mol. The number of nitrogens with zero attached hydrogens (tertiary/aromatic N) is 1. The lowest BCUT2D eigenvalue weighted by Gasteiger charge is -2.27. The zero-order valence-corrected chi connectivity index (χ0v) is 12.0. The van der Waals surface area contributed by atoms with Crippen LogP contribution >= 0.6 is 0 Å². The molecule has 0 radical (unpaired) electrons. The zero-order valence-electron chi connectivity index (χ0n) is 12.0. The van der Waals surface area contributed by atoms with Crippen LogP contribution in [-0.2, 0) is 4.74 Å². The Hall–Kier alpha value is -0.160. The number of unbranched alkanes of at least 4 members (excludes halogenated alkanes) is 1. The van der Waals surface area contributed by atoms with Gasteiger partial charge in [0.1, 0.15) is 0 Å². The number of aliphatic hydroxyl groups excluding tert-OH is 1. The molecule has 1 aliphatic rings. The Bertz CT molecular complexity index is 216. The van der Waals surface area contributed by atoms with Crippen molar-refractivity contribution in [1.29, 1.82) is 0 Å². The van der Waals surface area contributed by atoms with Crippen molar-refractivity contribution in [2.24, 2.45) is 5.73 Å². The third kappa shape index (κ3) is 6.69. The van der Waals surface area contributed by atoms with Crippen LogP contribution in [0.25, 0.3) is 0 Å². The van der Waals surface area contributed by atoms with Gasteiger partial charge in [-0.3, -0.25) is 0 Å². The lowest BCUT2D eigenvalue weighted by molar-refractivity contribution is -0.00167. The van der Waals surface area contributed by atoms with Crippen LogP contribution in [0, 0.1) is 0 Å². The second-order valence-electron chi connectivity index (χ2n) is 6.02. The Labute approximate surface area is 111 Å². The van der Waals surface area contributed by atoms with Crippen LogP contribution < -0.4 is 5.73 Å². The first-order chi connectivity index (χ1) is 8.53. The molecular weight excluding hydrogens is 228 g/mol. The predicted octanol–water partition coefficient (Wildman–Crippen LogP) is 1.37. The Balaban J connectivity index is 2.04. The van der Waals surface area contributed by atoms with Crippen LogP contribution in [-0.4, -0.2) is 55.0 Å². The summed E-state index contributed by atoms with van der Waals surface area (Å²) in [5.41, 5.74) is 5.49. The summed E-state index contributed by atoms with van der Waals surface area (Å²) in [6.45, 7) is 5.03. The van der Waals surface area contributed by atoms with E-state index in [1.165, 1.54) is 19.3 Å². The quantitative estimate of drug-likeness (QED) is 0.646. The van der Waals surface area contributed by atoms with E-state index in [2.05, 4.69) is 11.9 Å². The average Bonchev–Trinajstić information content (AvgIpc) is 2.36. The zero-order chi connectivity index (χ0) is 13.4. The molecule has 18 heavy (non-hydrogen) atoms. The first-order valence-corrected chi connectivity index (χ1v) is 7.23. The predicted molar refractivity (Wildman–Crippen MR) is 74.6 cm³/mol. The van der Waals surface area contributed by atoms with E-state index < -0.39 is 5.54 Å². The van der Waals surface area contributed by atoms with Gasteiger partial charge in [0.25, 0.3) is 0 Å². The van der Waals surface area contributed by atoms with Crippen LogP contribution in [0.4, 0.5) is 0 Å². The van der Waals surface area contributed by atoms with Gasteiger partial charge >= 0.3 is 0 Å². The molecule has 2 atom stereocenters. The first kappa shape index (κ1) is 15.9. The van der Waals surface area contributed by atoms with Crippen molar-refractivity contribution in [2.75, 3.05) is 33.4 Å². The molecule has 0 aromatic carbocycles. The third-order valence-corrected chi connectivity index (χ3v) is 3.69. The Kier molecular flexibility index (Phi) is 7.15. The summed E-state index contributed by atoms with van der Waals surface area (Å²) < 4.78 is 5.73. The minimum atomic E-state index is -0.412. The fourth-order valence-electron chi connectivity index (χ4n) is 2.38. The Morgan fingerprint density at radius 3 is 2.78 bits per heavy atom. The summed E-state index contributed by atoms with van der Waals surface area (Å²) in [6.07, 6.45) is 7.25. The van der Waals surface area contributed by atoms with Gasteiger partial charge in [-0.1, -0.05) is 6.42 Å². The Morgan fingerprint density at radius 2 is 2.17 bits per heavy atom. The minimum absolute atomic E-state index is 0.0682. The van der Waals surface area contributed by atoms with Gasteiger partial charge in [0.15, 0.2) is 0 Å². The minimum Gasteiger partial charge on any atom is -0.394 e. The van der Waals surface area contributed by atoms with Gasteiger partial charge in [-0.15, -0.1) is 0 Å². The molecule has 108 valence electrons. The number of aliphatic hydroxyl groups is 1. The summed E-state index contributed by atoms with van der Waals surface area (Å²) in [5, 5.41) is 9.07. The van der Waals surface area contributed by atoms with E-state index in [1.807, 2.05) is 6.92 Å². The van der Waals surface area contributed by atoms with E-state index >= 15 is 0 Å².